The summed E-state index contributed by atoms with van der Waals surface area (Å²) in [6, 6.07) is 0. The highest BCUT2D eigenvalue weighted by molar-refractivity contribution is 6.02. The van der Waals surface area contributed by atoms with Crippen molar-refractivity contribution in [3.8, 4) is 0 Å². The number of hydrogen-bond donors (Lipinski definition) is 0. The van der Waals surface area contributed by atoms with Crippen LogP contribution in [-0.4, -0.2) is 17.9 Å². The largest absolute Gasteiger partial charge is 0.462 e. The summed E-state index contributed by atoms with van der Waals surface area (Å²) in [6.07, 6.45) is 9.97. The zero-order chi connectivity index (χ0) is 20.2. The summed E-state index contributed by atoms with van der Waals surface area (Å²) in [4.78, 5) is 24.7. The van der Waals surface area contributed by atoms with E-state index in [4.69, 9.17) is 4.74 Å². The second-order valence-corrected chi connectivity index (χ2v) is 9.76. The molecule has 2 aliphatic carbocycles. The van der Waals surface area contributed by atoms with E-state index in [2.05, 4.69) is 41.5 Å². The van der Waals surface area contributed by atoms with Gasteiger partial charge in [0.25, 0.3) is 0 Å². The van der Waals surface area contributed by atoms with Gasteiger partial charge in [-0.25, -0.2) is 0 Å². The first-order valence-electron chi connectivity index (χ1n) is 10.7. The minimum atomic E-state index is -0.372. The quantitative estimate of drug-likeness (QED) is 0.324. The van der Waals surface area contributed by atoms with Crippen LogP contribution in [-0.2, 0) is 14.3 Å². The van der Waals surface area contributed by atoms with Gasteiger partial charge in [-0.1, -0.05) is 52.7 Å². The fourth-order valence-electron chi connectivity index (χ4n) is 4.85. The second kappa shape index (κ2) is 9.21. The summed E-state index contributed by atoms with van der Waals surface area (Å²) in [5.74, 6) is 0.951. The number of ether oxygens (including phenoxy) is 1. The molecule has 3 nitrogen and oxygen atoms in total. The van der Waals surface area contributed by atoms with Crippen molar-refractivity contribution in [1.29, 1.82) is 0 Å². The average molecular weight is 375 g/mol. The van der Waals surface area contributed by atoms with Crippen molar-refractivity contribution in [2.75, 3.05) is 0 Å². The molecule has 0 bridgehead atoms. The Balaban J connectivity index is 1.94. The van der Waals surface area contributed by atoms with Crippen molar-refractivity contribution in [1.82, 2.24) is 0 Å². The van der Waals surface area contributed by atoms with Crippen LogP contribution in [0.1, 0.15) is 86.5 Å². The van der Waals surface area contributed by atoms with Crippen LogP contribution in [0.25, 0.3) is 0 Å². The van der Waals surface area contributed by atoms with Gasteiger partial charge in [0.15, 0.2) is 5.78 Å². The predicted octanol–water partition coefficient (Wildman–Crippen LogP) is 6.03. The van der Waals surface area contributed by atoms with E-state index in [-0.39, 0.29) is 29.7 Å². The van der Waals surface area contributed by atoms with Crippen LogP contribution < -0.4 is 0 Å². The number of hydrogen-bond acceptors (Lipinski definition) is 3. The molecule has 27 heavy (non-hydrogen) atoms. The normalized spacial score (nSPS) is 28.6. The third-order valence-corrected chi connectivity index (χ3v) is 6.54. The standard InChI is InChI=1S/C24H38O3/c1-16(2)20-11-9-17(3)14-22(20)27-23(26)15-19(25)10-12-21-18(4)8-7-13-24(21,5)6/h10,12,16-17,20,22H,7-9,11,13-15H2,1-6H3/b12-10+/t17-,20+,22-/m1/s1. The summed E-state index contributed by atoms with van der Waals surface area (Å²) in [5.41, 5.74) is 2.70. The van der Waals surface area contributed by atoms with Gasteiger partial charge in [0.1, 0.15) is 12.5 Å². The summed E-state index contributed by atoms with van der Waals surface area (Å²) in [5, 5.41) is 0. The molecule has 0 radical (unpaired) electrons. The molecule has 0 unspecified atom stereocenters. The molecule has 0 spiro atoms. The van der Waals surface area contributed by atoms with Crippen LogP contribution >= 0.6 is 0 Å². The lowest BCUT2D eigenvalue weighted by molar-refractivity contribution is -0.156. The highest BCUT2D eigenvalue weighted by Gasteiger charge is 2.33. The van der Waals surface area contributed by atoms with Gasteiger partial charge in [0.2, 0.25) is 0 Å². The van der Waals surface area contributed by atoms with Gasteiger partial charge in [-0.05, 0) is 73.8 Å². The average Bonchev–Trinajstić information content (AvgIpc) is 2.53. The number of esters is 1. The van der Waals surface area contributed by atoms with E-state index in [1.165, 1.54) is 24.0 Å². The number of allylic oxidation sites excluding steroid dienone is 4. The Kier molecular flexibility index (Phi) is 7.47. The number of rotatable bonds is 6. The molecule has 2 rings (SSSR count). The maximum Gasteiger partial charge on any atom is 0.313 e. The maximum absolute atomic E-state index is 12.4. The van der Waals surface area contributed by atoms with Gasteiger partial charge < -0.3 is 4.74 Å². The van der Waals surface area contributed by atoms with Crippen LogP contribution in [0, 0.1) is 23.2 Å². The Morgan fingerprint density at radius 3 is 2.59 bits per heavy atom. The van der Waals surface area contributed by atoms with E-state index in [0.29, 0.717) is 17.8 Å². The van der Waals surface area contributed by atoms with Crippen molar-refractivity contribution in [3.05, 3.63) is 23.3 Å². The molecule has 3 atom stereocenters. The van der Waals surface area contributed by atoms with Crippen molar-refractivity contribution in [2.24, 2.45) is 23.2 Å². The summed E-state index contributed by atoms with van der Waals surface area (Å²) in [6.45, 7) is 13.2. The highest BCUT2D eigenvalue weighted by atomic mass is 16.5. The first-order valence-corrected chi connectivity index (χ1v) is 10.7. The van der Waals surface area contributed by atoms with Gasteiger partial charge in [0, 0.05) is 0 Å². The zero-order valence-electron chi connectivity index (χ0n) is 18.1. The minimum absolute atomic E-state index is 0.0414. The fourth-order valence-corrected chi connectivity index (χ4v) is 4.85. The minimum Gasteiger partial charge on any atom is -0.462 e. The predicted molar refractivity (Wildman–Crippen MR) is 110 cm³/mol. The molecule has 2 aliphatic rings. The van der Waals surface area contributed by atoms with Gasteiger partial charge >= 0.3 is 5.97 Å². The van der Waals surface area contributed by atoms with E-state index in [1.807, 2.05) is 6.08 Å². The lowest BCUT2D eigenvalue weighted by atomic mass is 9.72. The molecule has 0 N–H and O–H groups in total. The van der Waals surface area contributed by atoms with Crippen molar-refractivity contribution in [2.45, 2.75) is 92.6 Å². The van der Waals surface area contributed by atoms with Crippen LogP contribution in [0.4, 0.5) is 0 Å². The lowest BCUT2D eigenvalue weighted by Gasteiger charge is -2.36. The second-order valence-electron chi connectivity index (χ2n) is 9.76. The van der Waals surface area contributed by atoms with Gasteiger partial charge in [0.05, 0.1) is 0 Å². The molecular weight excluding hydrogens is 336 g/mol. The van der Waals surface area contributed by atoms with E-state index < -0.39 is 0 Å². The molecule has 0 heterocycles. The molecule has 3 heteroatoms. The van der Waals surface area contributed by atoms with E-state index in [9.17, 15) is 9.59 Å². The Hall–Kier alpha value is -1.38. The SMILES string of the molecule is CC1=C(/C=C/C(=O)CC(=O)O[C@@H]2C[C@H](C)CC[C@H]2C(C)C)C(C)(C)CCC1. The molecule has 0 amide bonds. The van der Waals surface area contributed by atoms with Crippen LogP contribution in [0.2, 0.25) is 0 Å². The van der Waals surface area contributed by atoms with Crippen LogP contribution in [0.5, 0.6) is 0 Å². The van der Waals surface area contributed by atoms with Crippen molar-refractivity contribution in [3.63, 3.8) is 0 Å². The zero-order valence-corrected chi connectivity index (χ0v) is 18.1. The van der Waals surface area contributed by atoms with Gasteiger partial charge in [-0.15, -0.1) is 0 Å². The third kappa shape index (κ3) is 6.05. The van der Waals surface area contributed by atoms with Gasteiger partial charge in [-0.2, -0.15) is 0 Å². The van der Waals surface area contributed by atoms with E-state index in [0.717, 1.165) is 25.7 Å². The molecule has 152 valence electrons. The summed E-state index contributed by atoms with van der Waals surface area (Å²) in [7, 11) is 0. The Morgan fingerprint density at radius 1 is 1.26 bits per heavy atom. The van der Waals surface area contributed by atoms with Crippen LogP contribution in [0.3, 0.4) is 0 Å². The lowest BCUT2D eigenvalue weighted by Crippen LogP contribution is -2.36. The van der Waals surface area contributed by atoms with Crippen LogP contribution in [0.15, 0.2) is 23.3 Å². The Labute approximate surface area is 165 Å². The highest BCUT2D eigenvalue weighted by Crippen LogP contribution is 2.40. The molecule has 0 aromatic rings. The molecular formula is C24H38O3. The molecule has 0 aliphatic heterocycles. The first-order chi connectivity index (χ1) is 12.6. The fraction of sp³-hybridized carbons (Fsp3) is 0.750. The molecule has 1 fully saturated rings. The van der Waals surface area contributed by atoms with Gasteiger partial charge in [-0.3, -0.25) is 9.59 Å². The molecule has 0 aromatic heterocycles. The third-order valence-electron chi connectivity index (χ3n) is 6.54. The van der Waals surface area contributed by atoms with Crippen molar-refractivity contribution >= 4 is 11.8 Å². The number of carbonyl (C=O) groups excluding carboxylic acids is 2. The topological polar surface area (TPSA) is 43.4 Å². The van der Waals surface area contributed by atoms with E-state index >= 15 is 0 Å². The van der Waals surface area contributed by atoms with E-state index in [1.54, 1.807) is 6.08 Å². The molecule has 0 aromatic carbocycles. The maximum atomic E-state index is 12.4. The number of ketones is 1. The number of carbonyl (C=O) groups is 2. The van der Waals surface area contributed by atoms with Crippen molar-refractivity contribution < 1.29 is 14.3 Å². The summed E-state index contributed by atoms with van der Waals surface area (Å²) >= 11 is 0. The summed E-state index contributed by atoms with van der Waals surface area (Å²) < 4.78 is 5.75. The Morgan fingerprint density at radius 2 is 1.96 bits per heavy atom. The smallest absolute Gasteiger partial charge is 0.313 e. The monoisotopic (exact) mass is 374 g/mol. The Bertz CT molecular complexity index is 609. The molecule has 1 saturated carbocycles. The first kappa shape index (κ1) is 21.9. The molecule has 0 saturated heterocycles.